The van der Waals surface area contributed by atoms with Crippen molar-refractivity contribution in [2.24, 2.45) is 11.3 Å². The zero-order valence-electron chi connectivity index (χ0n) is 15.0. The van der Waals surface area contributed by atoms with E-state index in [-0.39, 0.29) is 11.4 Å². The molecular weight excluding hydrogens is 300 g/mol. The van der Waals surface area contributed by atoms with Crippen LogP contribution in [0.2, 0.25) is 0 Å². The van der Waals surface area contributed by atoms with Gasteiger partial charge in [0.2, 0.25) is 0 Å². The summed E-state index contributed by atoms with van der Waals surface area (Å²) in [5, 5.41) is 0. The zero-order valence-corrected chi connectivity index (χ0v) is 15.0. The van der Waals surface area contributed by atoms with Crippen LogP contribution in [0.3, 0.4) is 0 Å². The molecule has 0 saturated carbocycles. The second-order valence-electron chi connectivity index (χ2n) is 7.03. The number of aryl methyl sites for hydroxylation is 1. The van der Waals surface area contributed by atoms with Crippen molar-refractivity contribution in [2.75, 3.05) is 7.11 Å². The Hall–Kier alpha value is -2.03. The fraction of sp³-hybridized carbons (Fsp3) is 0.476. The maximum atomic E-state index is 11.9. The third-order valence-corrected chi connectivity index (χ3v) is 5.40. The van der Waals surface area contributed by atoms with Crippen molar-refractivity contribution in [3.63, 3.8) is 0 Å². The summed E-state index contributed by atoms with van der Waals surface area (Å²) in [7, 11) is 1.41. The summed E-state index contributed by atoms with van der Waals surface area (Å²) in [5.74, 6) is 0.225. The van der Waals surface area contributed by atoms with Gasteiger partial charge in [0.15, 0.2) is 0 Å². The smallest absolute Gasteiger partial charge is 0.338 e. The monoisotopic (exact) mass is 328 g/mol. The van der Waals surface area contributed by atoms with E-state index in [1.54, 1.807) is 6.26 Å². The molecule has 3 heteroatoms. The quantitative estimate of drug-likeness (QED) is 0.709. The molecule has 0 aliphatic heterocycles. The van der Waals surface area contributed by atoms with E-state index in [1.165, 1.54) is 12.7 Å². The first-order valence-electron chi connectivity index (χ1n) is 8.60. The Balaban J connectivity index is 2.14. The molecule has 130 valence electrons. The van der Waals surface area contributed by atoms with Gasteiger partial charge in [0.05, 0.1) is 25.2 Å². The van der Waals surface area contributed by atoms with Gasteiger partial charge in [-0.25, -0.2) is 4.79 Å². The third kappa shape index (κ3) is 4.50. The van der Waals surface area contributed by atoms with Crippen molar-refractivity contribution in [1.82, 2.24) is 0 Å². The van der Waals surface area contributed by atoms with Crippen molar-refractivity contribution >= 4 is 5.97 Å². The Bertz CT molecular complexity index is 622. The molecular formula is C21H28O3. The predicted molar refractivity (Wildman–Crippen MR) is 96.5 cm³/mol. The van der Waals surface area contributed by atoms with E-state index in [2.05, 4.69) is 26.5 Å². The number of ether oxygens (including phenoxy) is 1. The number of carbonyl (C=O) groups is 1. The van der Waals surface area contributed by atoms with E-state index in [9.17, 15) is 4.79 Å². The Kier molecular flexibility index (Phi) is 6.24. The van der Waals surface area contributed by atoms with Gasteiger partial charge in [0.1, 0.15) is 0 Å². The molecule has 2 rings (SSSR count). The molecule has 3 nitrogen and oxygen atoms in total. The molecule has 1 aromatic heterocycles. The van der Waals surface area contributed by atoms with E-state index < -0.39 is 0 Å². The Morgan fingerprint density at radius 2 is 2.29 bits per heavy atom. The second-order valence-corrected chi connectivity index (χ2v) is 7.03. The molecule has 0 bridgehead atoms. The SMILES string of the molecule is C=C1CCC(C)C(C)(CCc2ccoc2)CC=CC=C1C(=O)OC. The van der Waals surface area contributed by atoms with Crippen molar-refractivity contribution in [3.8, 4) is 0 Å². The number of hydrogen-bond donors (Lipinski definition) is 0. The standard InChI is InChI=1S/C21H28O3/c1-16-8-9-17(2)21(3,13-10-18-11-14-24-15-18)12-6-5-7-19(16)20(22)23-4/h5-7,11,14-15,17H,1,8-10,12-13H2,2-4H3. The lowest BCUT2D eigenvalue weighted by Crippen LogP contribution is -2.26. The minimum Gasteiger partial charge on any atom is -0.472 e. The normalized spacial score (nSPS) is 25.2. The summed E-state index contributed by atoms with van der Waals surface area (Å²) in [5.41, 5.74) is 2.91. The highest BCUT2D eigenvalue weighted by Crippen LogP contribution is 2.40. The first-order chi connectivity index (χ1) is 11.5. The van der Waals surface area contributed by atoms with E-state index in [0.29, 0.717) is 11.5 Å². The van der Waals surface area contributed by atoms with Crippen molar-refractivity contribution in [1.29, 1.82) is 0 Å². The molecule has 0 radical (unpaired) electrons. The average molecular weight is 328 g/mol. The zero-order chi connectivity index (χ0) is 17.6. The molecule has 1 aliphatic carbocycles. The molecule has 0 fully saturated rings. The van der Waals surface area contributed by atoms with Crippen molar-refractivity contribution < 1.29 is 13.9 Å². The Morgan fingerprint density at radius 1 is 1.50 bits per heavy atom. The van der Waals surface area contributed by atoms with Crippen LogP contribution in [0, 0.1) is 11.3 Å². The fourth-order valence-electron chi connectivity index (χ4n) is 3.23. The first-order valence-corrected chi connectivity index (χ1v) is 8.60. The van der Waals surface area contributed by atoms with Gasteiger partial charge < -0.3 is 9.15 Å². The molecule has 2 unspecified atom stereocenters. The lowest BCUT2D eigenvalue weighted by atomic mass is 9.69. The van der Waals surface area contributed by atoms with Gasteiger partial charge in [-0.15, -0.1) is 0 Å². The predicted octanol–water partition coefficient (Wildman–Crippen LogP) is 5.25. The molecule has 0 saturated heterocycles. The summed E-state index contributed by atoms with van der Waals surface area (Å²) in [4.78, 5) is 11.9. The molecule has 0 amide bonds. The molecule has 24 heavy (non-hydrogen) atoms. The van der Waals surface area contributed by atoms with E-state index in [4.69, 9.17) is 9.15 Å². The number of hydrogen-bond acceptors (Lipinski definition) is 3. The van der Waals surface area contributed by atoms with Crippen LogP contribution in [0.15, 0.2) is 59.0 Å². The van der Waals surface area contributed by atoms with Crippen LogP contribution in [0.4, 0.5) is 0 Å². The Labute approximate surface area is 145 Å². The van der Waals surface area contributed by atoms with Crippen LogP contribution in [-0.4, -0.2) is 13.1 Å². The number of furan rings is 1. The topological polar surface area (TPSA) is 39.4 Å². The van der Waals surface area contributed by atoms with Gasteiger partial charge in [0, 0.05) is 0 Å². The minimum absolute atomic E-state index is 0.213. The summed E-state index contributed by atoms with van der Waals surface area (Å²) >= 11 is 0. The molecule has 0 spiro atoms. The highest BCUT2D eigenvalue weighted by atomic mass is 16.5. The van der Waals surface area contributed by atoms with Gasteiger partial charge in [-0.2, -0.15) is 0 Å². The fourth-order valence-corrected chi connectivity index (χ4v) is 3.23. The lowest BCUT2D eigenvalue weighted by molar-refractivity contribution is -0.135. The van der Waals surface area contributed by atoms with E-state index in [0.717, 1.165) is 37.7 Å². The number of esters is 1. The number of carbonyl (C=O) groups excluding carboxylic acids is 1. The van der Waals surface area contributed by atoms with E-state index >= 15 is 0 Å². The first kappa shape index (κ1) is 18.3. The summed E-state index contributed by atoms with van der Waals surface area (Å²) in [6.07, 6.45) is 14.5. The summed E-state index contributed by atoms with van der Waals surface area (Å²) < 4.78 is 10.0. The Morgan fingerprint density at radius 3 is 2.96 bits per heavy atom. The maximum absolute atomic E-state index is 11.9. The maximum Gasteiger partial charge on any atom is 0.338 e. The van der Waals surface area contributed by atoms with Gasteiger partial charge >= 0.3 is 5.97 Å². The van der Waals surface area contributed by atoms with Gasteiger partial charge in [-0.05, 0) is 66.7 Å². The number of methoxy groups -OCH3 is 1. The van der Waals surface area contributed by atoms with Gasteiger partial charge in [-0.1, -0.05) is 32.6 Å². The number of rotatable bonds is 4. The van der Waals surface area contributed by atoms with Crippen LogP contribution >= 0.6 is 0 Å². The second kappa shape index (κ2) is 8.18. The molecule has 1 aliphatic rings. The molecule has 0 N–H and O–H groups in total. The third-order valence-electron chi connectivity index (χ3n) is 5.40. The van der Waals surface area contributed by atoms with Crippen LogP contribution < -0.4 is 0 Å². The van der Waals surface area contributed by atoms with Gasteiger partial charge in [0.25, 0.3) is 0 Å². The molecule has 1 heterocycles. The highest BCUT2D eigenvalue weighted by molar-refractivity contribution is 5.93. The van der Waals surface area contributed by atoms with Crippen LogP contribution in [0.5, 0.6) is 0 Å². The molecule has 2 atom stereocenters. The van der Waals surface area contributed by atoms with Crippen molar-refractivity contribution in [2.45, 2.75) is 46.0 Å². The molecule has 0 aromatic carbocycles. The number of allylic oxidation sites excluding steroid dienone is 3. The summed E-state index contributed by atoms with van der Waals surface area (Å²) in [6.45, 7) is 8.76. The minimum atomic E-state index is -0.305. The van der Waals surface area contributed by atoms with Crippen LogP contribution in [-0.2, 0) is 16.0 Å². The van der Waals surface area contributed by atoms with Crippen LogP contribution in [0.1, 0.15) is 45.1 Å². The van der Waals surface area contributed by atoms with Crippen molar-refractivity contribution in [3.05, 3.63) is 60.1 Å². The van der Waals surface area contributed by atoms with Crippen LogP contribution in [0.25, 0.3) is 0 Å². The highest BCUT2D eigenvalue weighted by Gasteiger charge is 2.30. The summed E-state index contributed by atoms with van der Waals surface area (Å²) in [6, 6.07) is 2.04. The largest absolute Gasteiger partial charge is 0.472 e. The molecule has 1 aromatic rings. The lowest BCUT2D eigenvalue weighted by Gasteiger charge is -2.36. The van der Waals surface area contributed by atoms with E-state index in [1.807, 2.05) is 24.5 Å². The van der Waals surface area contributed by atoms with Gasteiger partial charge in [-0.3, -0.25) is 0 Å². The average Bonchev–Trinajstić information content (AvgIpc) is 3.10.